The second-order valence-electron chi connectivity index (χ2n) is 4.33. The molecule has 0 atom stereocenters. The van der Waals surface area contributed by atoms with E-state index in [0.717, 1.165) is 9.13 Å². The number of nitrogens with two attached hydrogens (primary N) is 1. The van der Waals surface area contributed by atoms with Gasteiger partial charge in [0.1, 0.15) is 0 Å². The van der Waals surface area contributed by atoms with E-state index in [1.807, 2.05) is 38.1 Å². The second kappa shape index (κ2) is 5.17. The summed E-state index contributed by atoms with van der Waals surface area (Å²) in [6.07, 6.45) is 0. The summed E-state index contributed by atoms with van der Waals surface area (Å²) in [7, 11) is -3.89. The summed E-state index contributed by atoms with van der Waals surface area (Å²) in [4.78, 5) is 0. The molecule has 0 aliphatic carbocycles. The van der Waals surface area contributed by atoms with Gasteiger partial charge in [-0.3, -0.25) is 4.57 Å². The van der Waals surface area contributed by atoms with Crippen molar-refractivity contribution in [1.29, 1.82) is 0 Å². The predicted molar refractivity (Wildman–Crippen MR) is 79.9 cm³/mol. The first kappa shape index (κ1) is 14.4. The van der Waals surface area contributed by atoms with Crippen LogP contribution in [0.1, 0.15) is 19.9 Å². The van der Waals surface area contributed by atoms with Crippen molar-refractivity contribution in [1.82, 2.24) is 14.8 Å². The van der Waals surface area contributed by atoms with Crippen molar-refractivity contribution in [2.45, 2.75) is 25.0 Å². The molecule has 1 heterocycles. The van der Waals surface area contributed by atoms with E-state index in [1.165, 1.54) is 4.57 Å². The van der Waals surface area contributed by atoms with Gasteiger partial charge >= 0.3 is 0 Å². The smallest absolute Gasteiger partial charge is 0.273 e. The van der Waals surface area contributed by atoms with Gasteiger partial charge in [0, 0.05) is 15.2 Å². The third-order valence-corrected chi connectivity index (χ3v) is 3.98. The maximum absolute atomic E-state index is 11.5. The second-order valence-corrected chi connectivity index (χ2v) is 7.03. The van der Waals surface area contributed by atoms with Crippen LogP contribution in [0, 0.1) is 3.57 Å². The molecule has 0 spiro atoms. The molecule has 0 fully saturated rings. The number of benzene rings is 1. The van der Waals surface area contributed by atoms with Gasteiger partial charge in [-0.2, -0.15) is 0 Å². The van der Waals surface area contributed by atoms with Crippen molar-refractivity contribution in [2.24, 2.45) is 5.14 Å². The van der Waals surface area contributed by atoms with Crippen molar-refractivity contribution in [3.05, 3.63) is 27.8 Å². The Morgan fingerprint density at radius 3 is 2.53 bits per heavy atom. The van der Waals surface area contributed by atoms with Crippen LogP contribution in [0.2, 0.25) is 0 Å². The van der Waals surface area contributed by atoms with Crippen LogP contribution in [0.3, 0.4) is 0 Å². The van der Waals surface area contributed by atoms with Gasteiger partial charge in [0.2, 0.25) is 0 Å². The van der Waals surface area contributed by atoms with Crippen LogP contribution >= 0.6 is 22.6 Å². The summed E-state index contributed by atoms with van der Waals surface area (Å²) in [5.74, 6) is 0.498. The minimum atomic E-state index is -3.89. The highest BCUT2D eigenvalue weighted by Gasteiger charge is 2.23. The van der Waals surface area contributed by atoms with Gasteiger partial charge in [-0.1, -0.05) is 12.1 Å². The van der Waals surface area contributed by atoms with E-state index in [1.54, 1.807) is 0 Å². The predicted octanol–water partition coefficient (Wildman–Crippen LogP) is 1.78. The lowest BCUT2D eigenvalue weighted by atomic mass is 10.2. The Labute approximate surface area is 125 Å². The number of halogens is 1. The zero-order valence-electron chi connectivity index (χ0n) is 10.4. The number of hydrogen-bond acceptors (Lipinski definition) is 4. The van der Waals surface area contributed by atoms with Crippen molar-refractivity contribution in [2.75, 3.05) is 0 Å². The van der Waals surface area contributed by atoms with Gasteiger partial charge in [0.05, 0.1) is 0 Å². The molecule has 19 heavy (non-hydrogen) atoms. The monoisotopic (exact) mass is 392 g/mol. The maximum Gasteiger partial charge on any atom is 0.273 e. The van der Waals surface area contributed by atoms with Gasteiger partial charge < -0.3 is 0 Å². The van der Waals surface area contributed by atoms with Gasteiger partial charge in [0.25, 0.3) is 15.2 Å². The molecule has 0 aliphatic rings. The summed E-state index contributed by atoms with van der Waals surface area (Å²) >= 11 is 2.18. The lowest BCUT2D eigenvalue weighted by Gasteiger charge is -2.13. The third kappa shape index (κ3) is 2.95. The summed E-state index contributed by atoms with van der Waals surface area (Å²) in [6, 6.07) is 7.48. The summed E-state index contributed by atoms with van der Waals surface area (Å²) in [5, 5.41) is 12.6. The molecule has 0 amide bonds. The standard InChI is InChI=1S/C11H13IN4O2S/c1-7(2)16-10(8-4-3-5-9(12)6-8)14-15-11(16)19(13,17)18/h3-7H,1-2H3,(H2,13,17,18). The molecule has 8 heteroatoms. The molecular weight excluding hydrogens is 379 g/mol. The van der Waals surface area contributed by atoms with Crippen LogP contribution in [-0.2, 0) is 10.0 Å². The topological polar surface area (TPSA) is 90.9 Å². The number of rotatable bonds is 3. The normalized spacial score (nSPS) is 12.1. The van der Waals surface area contributed by atoms with Crippen LogP contribution < -0.4 is 5.14 Å². The minimum absolute atomic E-state index is 0.115. The quantitative estimate of drug-likeness (QED) is 0.807. The molecule has 1 aromatic heterocycles. The van der Waals surface area contributed by atoms with E-state index < -0.39 is 10.0 Å². The van der Waals surface area contributed by atoms with E-state index in [0.29, 0.717) is 5.82 Å². The van der Waals surface area contributed by atoms with Crippen LogP contribution in [0.5, 0.6) is 0 Å². The first-order valence-electron chi connectivity index (χ1n) is 5.54. The average Bonchev–Trinajstić information content (AvgIpc) is 2.72. The minimum Gasteiger partial charge on any atom is -0.294 e. The fraction of sp³-hybridized carbons (Fsp3) is 0.273. The molecule has 0 saturated heterocycles. The Bertz CT molecular complexity index is 709. The summed E-state index contributed by atoms with van der Waals surface area (Å²) in [5.41, 5.74) is 0.808. The molecule has 0 saturated carbocycles. The van der Waals surface area contributed by atoms with Crippen LogP contribution in [0.4, 0.5) is 0 Å². The molecule has 0 unspecified atom stereocenters. The number of aromatic nitrogens is 3. The van der Waals surface area contributed by atoms with E-state index in [-0.39, 0.29) is 11.2 Å². The Morgan fingerprint density at radius 2 is 2.00 bits per heavy atom. The first-order valence-corrected chi connectivity index (χ1v) is 8.17. The van der Waals surface area contributed by atoms with E-state index in [9.17, 15) is 8.42 Å². The Kier molecular flexibility index (Phi) is 3.92. The van der Waals surface area contributed by atoms with Crippen molar-refractivity contribution in [3.8, 4) is 11.4 Å². The summed E-state index contributed by atoms with van der Waals surface area (Å²) in [6.45, 7) is 3.71. The third-order valence-electron chi connectivity index (χ3n) is 2.52. The molecule has 2 aromatic rings. The molecule has 0 bridgehead atoms. The highest BCUT2D eigenvalue weighted by Crippen LogP contribution is 2.25. The number of hydrogen-bond donors (Lipinski definition) is 1. The Balaban J connectivity index is 2.69. The highest BCUT2D eigenvalue weighted by molar-refractivity contribution is 14.1. The fourth-order valence-electron chi connectivity index (χ4n) is 1.76. The van der Waals surface area contributed by atoms with Crippen molar-refractivity contribution >= 4 is 32.6 Å². The SMILES string of the molecule is CC(C)n1c(-c2cccc(I)c2)nnc1S(N)(=O)=O. The van der Waals surface area contributed by atoms with Gasteiger partial charge in [-0.15, -0.1) is 10.2 Å². The Hall–Kier alpha value is -1.00. The zero-order valence-corrected chi connectivity index (χ0v) is 13.4. The molecule has 2 rings (SSSR count). The lowest BCUT2D eigenvalue weighted by Crippen LogP contribution is -2.20. The molecule has 0 aliphatic heterocycles. The molecule has 102 valence electrons. The molecule has 0 radical (unpaired) electrons. The number of nitrogens with zero attached hydrogens (tertiary/aromatic N) is 3. The van der Waals surface area contributed by atoms with Crippen LogP contribution in [0.15, 0.2) is 29.4 Å². The van der Waals surface area contributed by atoms with Gasteiger partial charge in [0.15, 0.2) is 5.82 Å². The maximum atomic E-state index is 11.5. The Morgan fingerprint density at radius 1 is 1.32 bits per heavy atom. The largest absolute Gasteiger partial charge is 0.294 e. The number of primary sulfonamides is 1. The van der Waals surface area contributed by atoms with Crippen molar-refractivity contribution < 1.29 is 8.42 Å². The van der Waals surface area contributed by atoms with E-state index in [4.69, 9.17) is 5.14 Å². The highest BCUT2D eigenvalue weighted by atomic mass is 127. The lowest BCUT2D eigenvalue weighted by molar-refractivity contribution is 0.524. The van der Waals surface area contributed by atoms with E-state index >= 15 is 0 Å². The van der Waals surface area contributed by atoms with Gasteiger partial charge in [-0.05, 0) is 48.6 Å². The summed E-state index contributed by atoms with van der Waals surface area (Å²) < 4.78 is 25.6. The van der Waals surface area contributed by atoms with Crippen molar-refractivity contribution in [3.63, 3.8) is 0 Å². The first-order chi connectivity index (χ1) is 8.80. The molecule has 6 nitrogen and oxygen atoms in total. The van der Waals surface area contributed by atoms with Crippen LogP contribution in [-0.4, -0.2) is 23.2 Å². The fourth-order valence-corrected chi connectivity index (χ4v) is 3.03. The number of sulfonamides is 1. The van der Waals surface area contributed by atoms with Gasteiger partial charge in [-0.25, -0.2) is 13.6 Å². The molecular formula is C11H13IN4O2S. The molecule has 1 aromatic carbocycles. The zero-order chi connectivity index (χ0) is 14.2. The van der Waals surface area contributed by atoms with E-state index in [2.05, 4.69) is 32.8 Å². The molecule has 2 N–H and O–H groups in total. The van der Waals surface area contributed by atoms with Crippen LogP contribution in [0.25, 0.3) is 11.4 Å². The average molecular weight is 392 g/mol.